The van der Waals surface area contributed by atoms with E-state index in [2.05, 4.69) is 5.32 Å². The molecule has 2 N–H and O–H groups in total. The minimum atomic E-state index is -0.987. The van der Waals surface area contributed by atoms with Crippen LogP contribution in [0.1, 0.15) is 30.5 Å². The third kappa shape index (κ3) is 5.14. The predicted octanol–water partition coefficient (Wildman–Crippen LogP) is 3.70. The van der Waals surface area contributed by atoms with Crippen LogP contribution in [0.4, 0.5) is 8.78 Å². The molecule has 122 valence electrons. The summed E-state index contributed by atoms with van der Waals surface area (Å²) >= 11 is 0. The van der Waals surface area contributed by atoms with Crippen molar-refractivity contribution in [2.75, 3.05) is 0 Å². The molecule has 0 bridgehead atoms. The van der Waals surface area contributed by atoms with E-state index < -0.39 is 23.6 Å². The number of nitrogens with one attached hydrogen (secondary N) is 1. The van der Waals surface area contributed by atoms with Crippen LogP contribution in [-0.2, 0) is 11.2 Å². The van der Waals surface area contributed by atoms with Gasteiger partial charge in [0.05, 0.1) is 6.42 Å². The summed E-state index contributed by atoms with van der Waals surface area (Å²) < 4.78 is 27.1. The van der Waals surface area contributed by atoms with Crippen LogP contribution in [-0.4, -0.2) is 17.1 Å². The van der Waals surface area contributed by atoms with Crippen molar-refractivity contribution in [1.29, 1.82) is 0 Å². The molecule has 5 heteroatoms. The van der Waals surface area contributed by atoms with Gasteiger partial charge in [-0.15, -0.1) is 0 Å². The lowest BCUT2D eigenvalue weighted by molar-refractivity contribution is -0.137. The van der Waals surface area contributed by atoms with Gasteiger partial charge in [0, 0.05) is 12.1 Å². The number of hydrogen-bond donors (Lipinski definition) is 2. The molecular weight excluding hydrogens is 300 g/mol. The third-order valence-electron chi connectivity index (χ3n) is 3.68. The molecule has 0 aliphatic carbocycles. The van der Waals surface area contributed by atoms with Gasteiger partial charge in [0.15, 0.2) is 0 Å². The Kier molecular flexibility index (Phi) is 5.82. The normalized spacial score (nSPS) is 13.5. The highest BCUT2D eigenvalue weighted by Crippen LogP contribution is 2.17. The molecule has 2 aromatic rings. The Morgan fingerprint density at radius 1 is 1.17 bits per heavy atom. The lowest BCUT2D eigenvalue weighted by Crippen LogP contribution is -2.35. The number of aliphatic carboxylic acids is 1. The molecule has 0 aliphatic heterocycles. The predicted molar refractivity (Wildman–Crippen MR) is 84.1 cm³/mol. The summed E-state index contributed by atoms with van der Waals surface area (Å²) in [5.74, 6) is -2.05. The quantitative estimate of drug-likeness (QED) is 0.818. The second-order valence-corrected chi connectivity index (χ2v) is 5.53. The van der Waals surface area contributed by atoms with E-state index in [1.165, 1.54) is 0 Å². The van der Waals surface area contributed by atoms with Crippen LogP contribution < -0.4 is 5.32 Å². The fraction of sp³-hybridized carbons (Fsp3) is 0.278. The van der Waals surface area contributed by atoms with Crippen molar-refractivity contribution >= 4 is 5.97 Å². The van der Waals surface area contributed by atoms with Gasteiger partial charge in [0.2, 0.25) is 0 Å². The second-order valence-electron chi connectivity index (χ2n) is 5.53. The summed E-state index contributed by atoms with van der Waals surface area (Å²) in [5.41, 5.74) is 1.17. The highest BCUT2D eigenvalue weighted by atomic mass is 19.1. The summed E-state index contributed by atoms with van der Waals surface area (Å²) in [4.78, 5) is 11.1. The Labute approximate surface area is 134 Å². The third-order valence-corrected chi connectivity index (χ3v) is 3.68. The van der Waals surface area contributed by atoms with Crippen LogP contribution in [0.5, 0.6) is 0 Å². The van der Waals surface area contributed by atoms with Crippen molar-refractivity contribution in [2.24, 2.45) is 0 Å². The molecule has 0 heterocycles. The highest BCUT2D eigenvalue weighted by molar-refractivity contribution is 5.67. The first kappa shape index (κ1) is 17.1. The van der Waals surface area contributed by atoms with Gasteiger partial charge in [0.25, 0.3) is 0 Å². The van der Waals surface area contributed by atoms with Gasteiger partial charge in [-0.05, 0) is 42.7 Å². The Hall–Kier alpha value is -2.27. The first-order valence-electron chi connectivity index (χ1n) is 7.42. The lowest BCUT2D eigenvalue weighted by Gasteiger charge is -2.23. The van der Waals surface area contributed by atoms with Crippen molar-refractivity contribution in [1.82, 2.24) is 5.32 Å². The monoisotopic (exact) mass is 319 g/mol. The fourth-order valence-corrected chi connectivity index (χ4v) is 2.56. The molecule has 0 amide bonds. The largest absolute Gasteiger partial charge is 0.481 e. The van der Waals surface area contributed by atoms with Crippen molar-refractivity contribution < 1.29 is 18.7 Å². The van der Waals surface area contributed by atoms with Crippen LogP contribution in [0, 0.1) is 11.6 Å². The molecule has 0 aromatic heterocycles. The van der Waals surface area contributed by atoms with Gasteiger partial charge in [-0.1, -0.05) is 30.3 Å². The lowest BCUT2D eigenvalue weighted by atomic mass is 10.00. The smallest absolute Gasteiger partial charge is 0.304 e. The summed E-state index contributed by atoms with van der Waals surface area (Å²) in [7, 11) is 0. The summed E-state index contributed by atoms with van der Waals surface area (Å²) in [5, 5.41) is 12.3. The van der Waals surface area contributed by atoms with Gasteiger partial charge in [-0.2, -0.15) is 0 Å². The molecule has 3 nitrogen and oxygen atoms in total. The standard InChI is InChI=1S/C18H19F2NO2/c1-12(13-5-3-2-4-6-13)21-16(11-18(22)23)10-14-9-15(19)7-8-17(14)20/h2-9,12,16,21H,10-11H2,1H3,(H,22,23)/t12-,16-/m1/s1. The molecular formula is C18H19F2NO2. The number of carboxylic acid groups (broad SMARTS) is 1. The maximum absolute atomic E-state index is 13.8. The van der Waals surface area contributed by atoms with Crippen molar-refractivity contribution in [3.8, 4) is 0 Å². The molecule has 2 atom stereocenters. The zero-order chi connectivity index (χ0) is 16.8. The first-order chi connectivity index (χ1) is 11.0. The van der Waals surface area contributed by atoms with Crippen LogP contribution in [0.3, 0.4) is 0 Å². The van der Waals surface area contributed by atoms with Crippen LogP contribution in [0.15, 0.2) is 48.5 Å². The molecule has 0 saturated carbocycles. The number of hydrogen-bond acceptors (Lipinski definition) is 2. The Morgan fingerprint density at radius 2 is 1.87 bits per heavy atom. The molecule has 0 saturated heterocycles. The molecule has 0 aliphatic rings. The van der Waals surface area contributed by atoms with E-state index >= 15 is 0 Å². The molecule has 0 radical (unpaired) electrons. The topological polar surface area (TPSA) is 49.3 Å². The Morgan fingerprint density at radius 3 is 2.52 bits per heavy atom. The van der Waals surface area contributed by atoms with Crippen molar-refractivity contribution in [3.05, 3.63) is 71.3 Å². The summed E-state index contributed by atoms with van der Waals surface area (Å²) in [6.07, 6.45) is -0.0693. The van der Waals surface area contributed by atoms with Crippen LogP contribution in [0.2, 0.25) is 0 Å². The fourth-order valence-electron chi connectivity index (χ4n) is 2.56. The number of rotatable bonds is 7. The van der Waals surface area contributed by atoms with Gasteiger partial charge in [-0.25, -0.2) is 8.78 Å². The molecule has 0 fully saturated rings. The maximum atomic E-state index is 13.8. The van der Waals surface area contributed by atoms with E-state index in [1.807, 2.05) is 37.3 Å². The number of carbonyl (C=O) groups is 1. The highest BCUT2D eigenvalue weighted by Gasteiger charge is 2.19. The SMILES string of the molecule is C[C@@H](N[C@@H](CC(=O)O)Cc1cc(F)ccc1F)c1ccccc1. The van der Waals surface area contributed by atoms with E-state index in [0.29, 0.717) is 0 Å². The van der Waals surface area contributed by atoms with Crippen molar-refractivity contribution in [3.63, 3.8) is 0 Å². The minimum absolute atomic E-state index is 0.0998. The maximum Gasteiger partial charge on any atom is 0.304 e. The van der Waals surface area contributed by atoms with Gasteiger partial charge < -0.3 is 10.4 Å². The van der Waals surface area contributed by atoms with Crippen LogP contribution in [0.25, 0.3) is 0 Å². The molecule has 0 spiro atoms. The van der Waals surface area contributed by atoms with Gasteiger partial charge in [-0.3, -0.25) is 4.79 Å². The minimum Gasteiger partial charge on any atom is -0.481 e. The molecule has 0 unspecified atom stereocenters. The summed E-state index contributed by atoms with van der Waals surface area (Å²) in [6.45, 7) is 1.91. The molecule has 23 heavy (non-hydrogen) atoms. The van der Waals surface area contributed by atoms with E-state index in [1.54, 1.807) is 0 Å². The van der Waals surface area contributed by atoms with E-state index in [0.717, 1.165) is 23.8 Å². The number of halogens is 2. The summed E-state index contributed by atoms with van der Waals surface area (Å²) in [6, 6.07) is 12.2. The number of carboxylic acids is 1. The van der Waals surface area contributed by atoms with Crippen molar-refractivity contribution in [2.45, 2.75) is 31.8 Å². The molecule has 2 aromatic carbocycles. The van der Waals surface area contributed by atoms with Gasteiger partial charge in [0.1, 0.15) is 11.6 Å². The van der Waals surface area contributed by atoms with Gasteiger partial charge >= 0.3 is 5.97 Å². The van der Waals surface area contributed by atoms with Crippen LogP contribution >= 0.6 is 0 Å². The zero-order valence-electron chi connectivity index (χ0n) is 12.8. The second kappa shape index (κ2) is 7.83. The Bertz CT molecular complexity index is 661. The average Bonchev–Trinajstić information content (AvgIpc) is 2.51. The number of benzene rings is 2. The average molecular weight is 319 g/mol. The van der Waals surface area contributed by atoms with E-state index in [-0.39, 0.29) is 24.4 Å². The van der Waals surface area contributed by atoms with E-state index in [9.17, 15) is 13.6 Å². The first-order valence-corrected chi connectivity index (χ1v) is 7.42. The zero-order valence-corrected chi connectivity index (χ0v) is 12.8. The molecule has 2 rings (SSSR count). The Balaban J connectivity index is 2.13. The van der Waals surface area contributed by atoms with E-state index in [4.69, 9.17) is 5.11 Å².